The molecule has 5 unspecified atom stereocenters. The maximum Gasteiger partial charge on any atom is 0.106 e. The van der Waals surface area contributed by atoms with Crippen molar-refractivity contribution in [2.75, 3.05) is 13.1 Å². The molecular weight excluding hydrogens is 344 g/mol. The molecule has 0 radical (unpaired) electrons. The molecule has 3 nitrogen and oxygen atoms in total. The number of allylic oxidation sites excluding steroid dienone is 5. The molecule has 0 amide bonds. The van der Waals surface area contributed by atoms with Crippen LogP contribution in [0.15, 0.2) is 83.0 Å². The summed E-state index contributed by atoms with van der Waals surface area (Å²) in [4.78, 5) is 4.89. The van der Waals surface area contributed by atoms with Gasteiger partial charge in [0.1, 0.15) is 6.10 Å². The van der Waals surface area contributed by atoms with Crippen molar-refractivity contribution >= 4 is 0 Å². The highest BCUT2D eigenvalue weighted by Gasteiger charge is 2.48. The van der Waals surface area contributed by atoms with Crippen LogP contribution >= 0.6 is 0 Å². The van der Waals surface area contributed by atoms with Crippen molar-refractivity contribution in [1.82, 2.24) is 9.80 Å². The van der Waals surface area contributed by atoms with Crippen LogP contribution in [0.1, 0.15) is 25.7 Å². The number of fused-ring (bicyclic) bond motifs is 4. The Hall–Kier alpha value is -2.26. The first-order valence-corrected chi connectivity index (χ1v) is 10.9. The first-order chi connectivity index (χ1) is 13.9. The molecule has 0 aromatic rings. The van der Waals surface area contributed by atoms with Gasteiger partial charge in [-0.1, -0.05) is 42.5 Å². The molecule has 2 aliphatic carbocycles. The first-order valence-electron chi connectivity index (χ1n) is 10.9. The fraction of sp³-hybridized carbons (Fsp3) is 0.440. The van der Waals surface area contributed by atoms with Crippen LogP contribution in [0, 0.1) is 17.8 Å². The van der Waals surface area contributed by atoms with Gasteiger partial charge in [-0.25, -0.2) is 0 Å². The summed E-state index contributed by atoms with van der Waals surface area (Å²) in [5.41, 5.74) is 7.58. The van der Waals surface area contributed by atoms with Gasteiger partial charge in [0.15, 0.2) is 0 Å². The number of nitrogens with zero attached hydrogens (tertiary/aromatic N) is 2. The minimum absolute atomic E-state index is 0.165. The minimum atomic E-state index is 0.165. The van der Waals surface area contributed by atoms with Gasteiger partial charge in [-0.15, -0.1) is 0 Å². The molecule has 5 heterocycles. The Morgan fingerprint density at radius 3 is 2.61 bits per heavy atom. The highest BCUT2D eigenvalue weighted by Crippen LogP contribution is 2.52. The van der Waals surface area contributed by atoms with E-state index in [1.54, 1.807) is 16.8 Å². The van der Waals surface area contributed by atoms with Gasteiger partial charge in [0.2, 0.25) is 0 Å². The molecule has 28 heavy (non-hydrogen) atoms. The summed E-state index contributed by atoms with van der Waals surface area (Å²) in [6, 6.07) is 0. The van der Waals surface area contributed by atoms with Crippen molar-refractivity contribution in [3.63, 3.8) is 0 Å². The predicted octanol–water partition coefficient (Wildman–Crippen LogP) is 4.42. The third-order valence-electron chi connectivity index (χ3n) is 7.69. The lowest BCUT2D eigenvalue weighted by Gasteiger charge is -2.52. The molecule has 0 saturated carbocycles. The highest BCUT2D eigenvalue weighted by molar-refractivity contribution is 5.48. The normalized spacial score (nSPS) is 39.4. The van der Waals surface area contributed by atoms with E-state index in [-0.39, 0.29) is 6.10 Å². The summed E-state index contributed by atoms with van der Waals surface area (Å²) in [5.74, 6) is 1.67. The lowest BCUT2D eigenvalue weighted by atomic mass is 9.67. The van der Waals surface area contributed by atoms with Crippen LogP contribution in [0.5, 0.6) is 0 Å². The van der Waals surface area contributed by atoms with Crippen LogP contribution in [-0.4, -0.2) is 35.1 Å². The molecular formula is C25H26N2O. The van der Waals surface area contributed by atoms with E-state index in [0.717, 1.165) is 25.9 Å². The summed E-state index contributed by atoms with van der Waals surface area (Å²) in [5, 5.41) is 0. The molecule has 0 N–H and O–H groups in total. The second kappa shape index (κ2) is 5.64. The maximum atomic E-state index is 7.02. The molecule has 3 heteroatoms. The zero-order chi connectivity index (χ0) is 18.2. The smallest absolute Gasteiger partial charge is 0.106 e. The van der Waals surface area contributed by atoms with E-state index in [2.05, 4.69) is 64.7 Å². The van der Waals surface area contributed by atoms with Crippen molar-refractivity contribution < 1.29 is 4.74 Å². The van der Waals surface area contributed by atoms with Crippen LogP contribution in [0.4, 0.5) is 0 Å². The van der Waals surface area contributed by atoms with Gasteiger partial charge in [0.25, 0.3) is 0 Å². The Morgan fingerprint density at radius 1 is 0.857 bits per heavy atom. The van der Waals surface area contributed by atoms with Crippen LogP contribution in [0.3, 0.4) is 0 Å². The van der Waals surface area contributed by atoms with Crippen LogP contribution in [-0.2, 0) is 4.74 Å². The van der Waals surface area contributed by atoms with Gasteiger partial charge < -0.3 is 14.5 Å². The average molecular weight is 370 g/mol. The number of ether oxygens (including phenoxy) is 1. The second-order valence-corrected chi connectivity index (χ2v) is 9.21. The molecule has 0 aromatic carbocycles. The van der Waals surface area contributed by atoms with E-state index in [0.29, 0.717) is 23.9 Å². The van der Waals surface area contributed by atoms with E-state index in [1.807, 2.05) is 0 Å². The Kier molecular flexibility index (Phi) is 3.15. The summed E-state index contributed by atoms with van der Waals surface area (Å²) in [6.45, 7) is 2.01. The van der Waals surface area contributed by atoms with Crippen LogP contribution in [0.25, 0.3) is 0 Å². The molecule has 0 bridgehead atoms. The molecule has 7 aliphatic rings. The topological polar surface area (TPSA) is 15.7 Å². The van der Waals surface area contributed by atoms with Crippen molar-refractivity contribution in [3.8, 4) is 0 Å². The Balaban J connectivity index is 1.30. The van der Waals surface area contributed by atoms with Gasteiger partial charge in [0.05, 0.1) is 6.10 Å². The van der Waals surface area contributed by atoms with Crippen molar-refractivity contribution in [3.05, 3.63) is 83.0 Å². The molecule has 5 atom stereocenters. The molecule has 0 spiro atoms. The number of hydrogen-bond donors (Lipinski definition) is 0. The standard InChI is InChI=1S/C25H26N2O/c1-5-16-13-18-15-19-14-17-6-2-10-27-12-4-8-21(23(17)27)25(19)28-24(18)20-7-3-11-26(9-1)22(16)20/h1-5,8,10-11,14,17-18,20,24-25H,6-7,9,12-13,15H2. The zero-order valence-electron chi connectivity index (χ0n) is 16.1. The van der Waals surface area contributed by atoms with Crippen molar-refractivity contribution in [1.29, 1.82) is 0 Å². The van der Waals surface area contributed by atoms with E-state index in [4.69, 9.17) is 4.74 Å². The van der Waals surface area contributed by atoms with Gasteiger partial charge >= 0.3 is 0 Å². The Morgan fingerprint density at radius 2 is 1.68 bits per heavy atom. The Bertz CT molecular complexity index is 959. The molecule has 0 aromatic heterocycles. The van der Waals surface area contributed by atoms with E-state index in [9.17, 15) is 0 Å². The van der Waals surface area contributed by atoms with Crippen LogP contribution < -0.4 is 0 Å². The van der Waals surface area contributed by atoms with E-state index < -0.39 is 0 Å². The summed E-state index contributed by atoms with van der Waals surface area (Å²) < 4.78 is 7.02. The zero-order valence-corrected chi connectivity index (χ0v) is 16.1. The lowest BCUT2D eigenvalue weighted by molar-refractivity contribution is -0.0739. The third-order valence-corrected chi connectivity index (χ3v) is 7.69. The van der Waals surface area contributed by atoms with Crippen LogP contribution in [0.2, 0.25) is 0 Å². The van der Waals surface area contributed by atoms with Crippen molar-refractivity contribution in [2.24, 2.45) is 17.8 Å². The molecule has 5 aliphatic heterocycles. The van der Waals surface area contributed by atoms with E-state index >= 15 is 0 Å². The maximum absolute atomic E-state index is 7.02. The number of hydrogen-bond acceptors (Lipinski definition) is 3. The minimum Gasteiger partial charge on any atom is -0.365 e. The first kappa shape index (κ1) is 15.6. The quantitative estimate of drug-likeness (QED) is 0.587. The van der Waals surface area contributed by atoms with Crippen molar-refractivity contribution in [2.45, 2.75) is 37.9 Å². The lowest BCUT2D eigenvalue weighted by Crippen LogP contribution is -2.50. The summed E-state index contributed by atoms with van der Waals surface area (Å²) in [6.07, 6.45) is 26.3. The Labute approximate surface area is 166 Å². The fourth-order valence-electron chi connectivity index (χ4n) is 6.67. The molecule has 142 valence electrons. The van der Waals surface area contributed by atoms with Gasteiger partial charge in [-0.05, 0) is 42.7 Å². The monoisotopic (exact) mass is 370 g/mol. The average Bonchev–Trinajstić information content (AvgIpc) is 2.74. The molecule has 1 saturated heterocycles. The summed E-state index contributed by atoms with van der Waals surface area (Å²) in [7, 11) is 0. The molecule has 1 fully saturated rings. The van der Waals surface area contributed by atoms with Gasteiger partial charge in [-0.3, -0.25) is 0 Å². The largest absolute Gasteiger partial charge is 0.365 e. The van der Waals surface area contributed by atoms with E-state index in [1.165, 1.54) is 24.1 Å². The highest BCUT2D eigenvalue weighted by atomic mass is 16.5. The SMILES string of the molecule is C1=CN2CC=CC3=C2C(C=C2CC4CC5=C6C(CC=CN6CC=C5)C4OC23)C1. The number of rotatable bonds is 0. The predicted molar refractivity (Wildman–Crippen MR) is 110 cm³/mol. The summed E-state index contributed by atoms with van der Waals surface area (Å²) >= 11 is 0. The fourth-order valence-corrected chi connectivity index (χ4v) is 6.67. The van der Waals surface area contributed by atoms with Gasteiger partial charge in [0, 0.05) is 54.3 Å². The second-order valence-electron chi connectivity index (χ2n) is 9.21. The molecule has 7 rings (SSSR count). The third kappa shape index (κ3) is 2.03. The van der Waals surface area contributed by atoms with Gasteiger partial charge in [-0.2, -0.15) is 0 Å².